The van der Waals surface area contributed by atoms with Gasteiger partial charge in [0.2, 0.25) is 5.91 Å². The molecule has 0 aliphatic rings. The van der Waals surface area contributed by atoms with Crippen LogP contribution in [0.1, 0.15) is 40.5 Å². The monoisotopic (exact) mass is 337 g/mol. The second kappa shape index (κ2) is 9.20. The summed E-state index contributed by atoms with van der Waals surface area (Å²) >= 11 is 0. The van der Waals surface area contributed by atoms with Crippen LogP contribution in [0.2, 0.25) is 0 Å². The van der Waals surface area contributed by atoms with Crippen molar-refractivity contribution in [3.05, 3.63) is 38.8 Å². The fourth-order valence-corrected chi connectivity index (χ4v) is 2.19. The van der Waals surface area contributed by atoms with E-state index in [1.54, 1.807) is 4.90 Å². The van der Waals surface area contributed by atoms with Crippen molar-refractivity contribution in [1.82, 2.24) is 9.47 Å². The maximum atomic E-state index is 12.6. The van der Waals surface area contributed by atoms with Crippen LogP contribution in [0.5, 0.6) is 0 Å². The molecule has 1 aromatic heterocycles. The molecule has 24 heavy (non-hydrogen) atoms. The van der Waals surface area contributed by atoms with Crippen molar-refractivity contribution in [2.45, 2.75) is 47.1 Å². The second-order valence-electron chi connectivity index (χ2n) is 6.86. The first-order valence-corrected chi connectivity index (χ1v) is 8.33. The SMILES string of the molecule is CC(C)CCN(CCC(C)C)C(=O)Cn1cc([N+](=O)[O-])ccc1=O. The summed E-state index contributed by atoms with van der Waals surface area (Å²) in [5.74, 6) is 0.763. The van der Waals surface area contributed by atoms with Gasteiger partial charge in [0, 0.05) is 25.2 Å². The van der Waals surface area contributed by atoms with E-state index in [0.717, 1.165) is 35.7 Å². The molecule has 0 aromatic carbocycles. The van der Waals surface area contributed by atoms with Crippen molar-refractivity contribution < 1.29 is 9.72 Å². The number of carbonyl (C=O) groups is 1. The Balaban J connectivity index is 2.87. The van der Waals surface area contributed by atoms with E-state index >= 15 is 0 Å². The Hall–Kier alpha value is -2.18. The first-order valence-electron chi connectivity index (χ1n) is 8.33. The smallest absolute Gasteiger partial charge is 0.285 e. The summed E-state index contributed by atoms with van der Waals surface area (Å²) in [5, 5.41) is 10.8. The molecule has 0 unspecified atom stereocenters. The van der Waals surface area contributed by atoms with Gasteiger partial charge in [-0.1, -0.05) is 27.7 Å². The lowest BCUT2D eigenvalue weighted by molar-refractivity contribution is -0.385. The van der Waals surface area contributed by atoms with Gasteiger partial charge in [0.05, 0.1) is 11.1 Å². The lowest BCUT2D eigenvalue weighted by Crippen LogP contribution is -2.38. The molecule has 7 nitrogen and oxygen atoms in total. The van der Waals surface area contributed by atoms with Gasteiger partial charge in [0.25, 0.3) is 11.2 Å². The zero-order valence-corrected chi connectivity index (χ0v) is 14.9. The topological polar surface area (TPSA) is 85.4 Å². The van der Waals surface area contributed by atoms with Gasteiger partial charge in [-0.25, -0.2) is 0 Å². The second-order valence-corrected chi connectivity index (χ2v) is 6.86. The van der Waals surface area contributed by atoms with Gasteiger partial charge in [-0.2, -0.15) is 0 Å². The standard InChI is InChI=1S/C17H27N3O4/c1-13(2)7-9-18(10-8-14(3)4)17(22)12-19-11-15(20(23)24)5-6-16(19)21/h5-6,11,13-14H,7-10,12H2,1-4H3. The zero-order valence-electron chi connectivity index (χ0n) is 14.9. The summed E-state index contributed by atoms with van der Waals surface area (Å²) in [7, 11) is 0. The first-order chi connectivity index (χ1) is 11.2. The summed E-state index contributed by atoms with van der Waals surface area (Å²) in [6, 6.07) is 2.27. The van der Waals surface area contributed by atoms with Crippen LogP contribution in [0.15, 0.2) is 23.1 Å². The lowest BCUT2D eigenvalue weighted by atomic mass is 10.1. The van der Waals surface area contributed by atoms with Crippen LogP contribution in [-0.4, -0.2) is 33.4 Å². The molecular weight excluding hydrogens is 310 g/mol. The normalized spacial score (nSPS) is 11.1. The molecule has 1 heterocycles. The van der Waals surface area contributed by atoms with Gasteiger partial charge in [0.1, 0.15) is 6.54 Å². The van der Waals surface area contributed by atoms with Crippen LogP contribution in [-0.2, 0) is 11.3 Å². The van der Waals surface area contributed by atoms with Crippen LogP contribution in [0.25, 0.3) is 0 Å². The molecule has 0 saturated heterocycles. The lowest BCUT2D eigenvalue weighted by Gasteiger charge is -2.25. The minimum atomic E-state index is -0.574. The molecule has 0 aliphatic carbocycles. The highest BCUT2D eigenvalue weighted by Crippen LogP contribution is 2.09. The van der Waals surface area contributed by atoms with Gasteiger partial charge in [-0.3, -0.25) is 24.3 Å². The number of aromatic nitrogens is 1. The highest BCUT2D eigenvalue weighted by Gasteiger charge is 2.17. The number of amides is 1. The van der Waals surface area contributed by atoms with Gasteiger partial charge < -0.3 is 4.90 Å². The predicted octanol–water partition coefficient (Wildman–Crippen LogP) is 2.68. The molecule has 1 rings (SSSR count). The Morgan fingerprint density at radius 1 is 1.17 bits per heavy atom. The van der Waals surface area contributed by atoms with Crippen molar-refractivity contribution in [2.24, 2.45) is 11.8 Å². The number of pyridine rings is 1. The third kappa shape index (κ3) is 6.52. The molecule has 0 bridgehead atoms. The molecule has 1 amide bonds. The molecule has 134 valence electrons. The number of nitrogens with zero attached hydrogens (tertiary/aromatic N) is 3. The zero-order chi connectivity index (χ0) is 18.3. The summed E-state index contributed by atoms with van der Waals surface area (Å²) < 4.78 is 1.11. The Bertz CT molecular complexity index is 611. The third-order valence-electron chi connectivity index (χ3n) is 3.79. The molecule has 0 aliphatic heterocycles. The van der Waals surface area contributed by atoms with Gasteiger partial charge in [-0.15, -0.1) is 0 Å². The minimum Gasteiger partial charge on any atom is -0.341 e. The first kappa shape index (κ1) is 19.9. The van der Waals surface area contributed by atoms with E-state index in [1.807, 2.05) is 0 Å². The maximum Gasteiger partial charge on any atom is 0.285 e. The molecule has 0 radical (unpaired) electrons. The van der Waals surface area contributed by atoms with Crippen molar-refractivity contribution in [3.8, 4) is 0 Å². The van der Waals surface area contributed by atoms with E-state index in [2.05, 4.69) is 27.7 Å². The van der Waals surface area contributed by atoms with Crippen LogP contribution >= 0.6 is 0 Å². The molecule has 0 spiro atoms. The maximum absolute atomic E-state index is 12.6. The molecule has 0 N–H and O–H groups in total. The van der Waals surface area contributed by atoms with Crippen LogP contribution in [0, 0.1) is 22.0 Å². The van der Waals surface area contributed by atoms with Gasteiger partial charge in [-0.05, 0) is 24.7 Å². The van der Waals surface area contributed by atoms with Gasteiger partial charge in [0.15, 0.2) is 0 Å². The summed E-state index contributed by atoms with van der Waals surface area (Å²) in [6.45, 7) is 9.47. The van der Waals surface area contributed by atoms with Crippen molar-refractivity contribution in [3.63, 3.8) is 0 Å². The molecule has 0 saturated carbocycles. The van der Waals surface area contributed by atoms with Crippen molar-refractivity contribution in [2.75, 3.05) is 13.1 Å². The summed E-state index contributed by atoms with van der Waals surface area (Å²) in [6.07, 6.45) is 2.89. The highest BCUT2D eigenvalue weighted by molar-refractivity contribution is 5.76. The van der Waals surface area contributed by atoms with E-state index in [4.69, 9.17) is 0 Å². The van der Waals surface area contributed by atoms with Crippen molar-refractivity contribution in [1.29, 1.82) is 0 Å². The number of hydrogen-bond acceptors (Lipinski definition) is 4. The number of hydrogen-bond donors (Lipinski definition) is 0. The number of nitro groups is 1. The quantitative estimate of drug-likeness (QED) is 0.512. The van der Waals surface area contributed by atoms with E-state index in [1.165, 1.54) is 0 Å². The fourth-order valence-electron chi connectivity index (χ4n) is 2.19. The minimum absolute atomic E-state index is 0.170. The van der Waals surface area contributed by atoms with Crippen LogP contribution in [0.3, 0.4) is 0 Å². The molecule has 0 atom stereocenters. The fraction of sp³-hybridized carbons (Fsp3) is 0.647. The Labute approximate surface area is 142 Å². The van der Waals surface area contributed by atoms with E-state index < -0.39 is 10.5 Å². The van der Waals surface area contributed by atoms with E-state index in [0.29, 0.717) is 24.9 Å². The van der Waals surface area contributed by atoms with Crippen molar-refractivity contribution >= 4 is 11.6 Å². The predicted molar refractivity (Wildman–Crippen MR) is 92.8 cm³/mol. The van der Waals surface area contributed by atoms with Crippen LogP contribution in [0.4, 0.5) is 5.69 Å². The largest absolute Gasteiger partial charge is 0.341 e. The molecule has 1 aromatic rings. The van der Waals surface area contributed by atoms with Gasteiger partial charge >= 0.3 is 0 Å². The molecule has 7 heteroatoms. The molecular formula is C17H27N3O4. The molecule has 0 fully saturated rings. The Kier molecular flexibility index (Phi) is 7.61. The summed E-state index contributed by atoms with van der Waals surface area (Å²) in [4.78, 5) is 36.4. The third-order valence-corrected chi connectivity index (χ3v) is 3.79. The van der Waals surface area contributed by atoms with Crippen LogP contribution < -0.4 is 5.56 Å². The average molecular weight is 337 g/mol. The number of carbonyl (C=O) groups excluding carboxylic acids is 1. The van der Waals surface area contributed by atoms with E-state index in [-0.39, 0.29) is 18.1 Å². The highest BCUT2D eigenvalue weighted by atomic mass is 16.6. The van der Waals surface area contributed by atoms with E-state index in [9.17, 15) is 19.7 Å². The number of rotatable bonds is 9. The Morgan fingerprint density at radius 2 is 1.71 bits per heavy atom. The Morgan fingerprint density at radius 3 is 2.17 bits per heavy atom. The average Bonchev–Trinajstić information content (AvgIpc) is 2.48. The summed E-state index contributed by atoms with van der Waals surface area (Å²) in [5.41, 5.74) is -0.611.